The molecule has 0 unspecified atom stereocenters. The van der Waals surface area contributed by atoms with Crippen LogP contribution in [-0.2, 0) is 13.1 Å². The van der Waals surface area contributed by atoms with Gasteiger partial charge in [-0.1, -0.05) is 48.0 Å². The molecule has 150 valence electrons. The van der Waals surface area contributed by atoms with E-state index in [4.69, 9.17) is 11.6 Å². The van der Waals surface area contributed by atoms with E-state index in [0.29, 0.717) is 23.7 Å². The second-order valence-corrected chi connectivity index (χ2v) is 7.48. The summed E-state index contributed by atoms with van der Waals surface area (Å²) in [6, 6.07) is 21.2. The maximum Gasteiger partial charge on any atom is 0.257 e. The minimum absolute atomic E-state index is 0.0691. The van der Waals surface area contributed by atoms with Crippen molar-refractivity contribution in [3.05, 3.63) is 113 Å². The first-order valence-electron chi connectivity index (χ1n) is 9.64. The Morgan fingerprint density at radius 2 is 1.63 bits per heavy atom. The molecular weight excluding hydrogens is 396 g/mol. The molecule has 2 aromatic heterocycles. The third kappa shape index (κ3) is 4.42. The summed E-state index contributed by atoms with van der Waals surface area (Å²) in [5.41, 5.74) is 4.26. The summed E-state index contributed by atoms with van der Waals surface area (Å²) in [7, 11) is 0. The highest BCUT2D eigenvalue weighted by Gasteiger charge is 2.22. The molecule has 4 aromatic rings. The third-order valence-electron chi connectivity index (χ3n) is 4.91. The fourth-order valence-electron chi connectivity index (χ4n) is 3.35. The average molecular weight is 417 g/mol. The molecule has 30 heavy (non-hydrogen) atoms. The first-order chi connectivity index (χ1) is 14.6. The molecule has 5 nitrogen and oxygen atoms in total. The van der Waals surface area contributed by atoms with Gasteiger partial charge in [0.25, 0.3) is 5.91 Å². The zero-order valence-electron chi connectivity index (χ0n) is 16.6. The van der Waals surface area contributed by atoms with Crippen molar-refractivity contribution in [2.24, 2.45) is 0 Å². The molecule has 0 aliphatic heterocycles. The lowest BCUT2D eigenvalue weighted by Crippen LogP contribution is -2.30. The van der Waals surface area contributed by atoms with Crippen LogP contribution in [0.1, 0.15) is 27.2 Å². The van der Waals surface area contributed by atoms with Crippen LogP contribution in [0, 0.1) is 6.92 Å². The highest BCUT2D eigenvalue weighted by atomic mass is 35.5. The number of benzene rings is 2. The number of aromatic nitrogens is 3. The Kier molecular flexibility index (Phi) is 5.91. The van der Waals surface area contributed by atoms with Crippen molar-refractivity contribution in [2.45, 2.75) is 20.0 Å². The maximum absolute atomic E-state index is 13.5. The van der Waals surface area contributed by atoms with Crippen LogP contribution in [0.3, 0.4) is 0 Å². The van der Waals surface area contributed by atoms with Crippen molar-refractivity contribution in [3.63, 3.8) is 0 Å². The minimum atomic E-state index is -0.0691. The molecule has 0 bridgehead atoms. The van der Waals surface area contributed by atoms with Crippen LogP contribution in [0.5, 0.6) is 0 Å². The van der Waals surface area contributed by atoms with Gasteiger partial charge < -0.3 is 4.90 Å². The van der Waals surface area contributed by atoms with Crippen LogP contribution in [0.15, 0.2) is 85.3 Å². The predicted molar refractivity (Wildman–Crippen MR) is 118 cm³/mol. The second kappa shape index (κ2) is 8.93. The van der Waals surface area contributed by atoms with Crippen molar-refractivity contribution in [1.82, 2.24) is 19.7 Å². The standard InChI is InChI=1S/C24H21ClN4O/c1-18-23(15-27-29(18)22-11-9-21(25)10-12-22)24(30)28(16-19-6-3-2-4-7-19)17-20-8-5-13-26-14-20/h2-15H,16-17H2,1H3. The van der Waals surface area contributed by atoms with E-state index in [1.54, 1.807) is 23.3 Å². The van der Waals surface area contributed by atoms with Crippen molar-refractivity contribution < 1.29 is 4.79 Å². The third-order valence-corrected chi connectivity index (χ3v) is 5.16. The number of rotatable bonds is 6. The van der Waals surface area contributed by atoms with Crippen LogP contribution in [0.25, 0.3) is 5.69 Å². The van der Waals surface area contributed by atoms with Crippen LogP contribution in [0.2, 0.25) is 5.02 Å². The number of hydrogen-bond acceptors (Lipinski definition) is 3. The maximum atomic E-state index is 13.5. The summed E-state index contributed by atoms with van der Waals surface area (Å²) in [6.45, 7) is 2.87. The summed E-state index contributed by atoms with van der Waals surface area (Å²) in [5.74, 6) is -0.0691. The number of amides is 1. The lowest BCUT2D eigenvalue weighted by Gasteiger charge is -2.23. The second-order valence-electron chi connectivity index (χ2n) is 7.04. The van der Waals surface area contributed by atoms with Crippen molar-refractivity contribution in [3.8, 4) is 5.69 Å². The van der Waals surface area contributed by atoms with Gasteiger partial charge in [0.15, 0.2) is 0 Å². The summed E-state index contributed by atoms with van der Waals surface area (Å²) in [5, 5.41) is 5.10. The number of halogens is 1. The number of hydrogen-bond donors (Lipinski definition) is 0. The highest BCUT2D eigenvalue weighted by Crippen LogP contribution is 2.20. The van der Waals surface area contributed by atoms with Gasteiger partial charge in [0.2, 0.25) is 0 Å². The van der Waals surface area contributed by atoms with Gasteiger partial charge in [-0.3, -0.25) is 9.78 Å². The zero-order valence-corrected chi connectivity index (χ0v) is 17.3. The topological polar surface area (TPSA) is 51.0 Å². The van der Waals surface area contributed by atoms with Gasteiger partial charge in [-0.05, 0) is 48.4 Å². The molecule has 0 saturated carbocycles. The Hall–Kier alpha value is -3.44. The van der Waals surface area contributed by atoms with E-state index in [9.17, 15) is 4.79 Å². The lowest BCUT2D eigenvalue weighted by molar-refractivity contribution is 0.0729. The number of pyridine rings is 1. The quantitative estimate of drug-likeness (QED) is 0.441. The monoisotopic (exact) mass is 416 g/mol. The molecule has 2 aromatic carbocycles. The Morgan fingerprint density at radius 1 is 0.933 bits per heavy atom. The Labute approximate surface area is 180 Å². The highest BCUT2D eigenvalue weighted by molar-refractivity contribution is 6.30. The molecule has 0 atom stereocenters. The van der Waals surface area contributed by atoms with E-state index in [0.717, 1.165) is 22.5 Å². The Bertz CT molecular complexity index is 1080. The van der Waals surface area contributed by atoms with E-state index in [1.165, 1.54) is 0 Å². The summed E-state index contributed by atoms with van der Waals surface area (Å²) >= 11 is 5.99. The smallest absolute Gasteiger partial charge is 0.257 e. The molecule has 0 N–H and O–H groups in total. The SMILES string of the molecule is Cc1c(C(=O)N(Cc2ccccc2)Cc2cccnc2)cnn1-c1ccc(Cl)cc1. The van der Waals surface area contributed by atoms with Gasteiger partial charge in [0.05, 0.1) is 23.1 Å². The van der Waals surface area contributed by atoms with Crippen LogP contribution < -0.4 is 0 Å². The van der Waals surface area contributed by atoms with E-state index >= 15 is 0 Å². The molecule has 0 radical (unpaired) electrons. The molecule has 1 amide bonds. The zero-order chi connectivity index (χ0) is 20.9. The number of carbonyl (C=O) groups is 1. The molecule has 0 fully saturated rings. The molecule has 6 heteroatoms. The van der Waals surface area contributed by atoms with Crippen LogP contribution >= 0.6 is 11.6 Å². The van der Waals surface area contributed by atoms with Crippen molar-refractivity contribution in [2.75, 3.05) is 0 Å². The Morgan fingerprint density at radius 3 is 2.33 bits per heavy atom. The summed E-state index contributed by atoms with van der Waals surface area (Å²) in [6.07, 6.45) is 5.15. The normalized spacial score (nSPS) is 10.7. The molecule has 4 rings (SSSR count). The van der Waals surface area contributed by atoms with E-state index < -0.39 is 0 Å². The van der Waals surface area contributed by atoms with Crippen LogP contribution in [0.4, 0.5) is 0 Å². The van der Waals surface area contributed by atoms with Gasteiger partial charge in [-0.2, -0.15) is 5.10 Å². The molecule has 0 aliphatic rings. The molecule has 2 heterocycles. The first kappa shape index (κ1) is 19.9. The predicted octanol–water partition coefficient (Wildman–Crippen LogP) is 5.07. The van der Waals surface area contributed by atoms with Gasteiger partial charge in [0.1, 0.15) is 0 Å². The lowest BCUT2D eigenvalue weighted by atomic mass is 10.1. The summed E-state index contributed by atoms with van der Waals surface area (Å²) < 4.78 is 1.76. The molecule has 0 spiro atoms. The average Bonchev–Trinajstić information content (AvgIpc) is 3.16. The molecular formula is C24H21ClN4O. The molecule has 0 aliphatic carbocycles. The largest absolute Gasteiger partial charge is 0.330 e. The fraction of sp³-hybridized carbons (Fsp3) is 0.125. The minimum Gasteiger partial charge on any atom is -0.330 e. The first-order valence-corrected chi connectivity index (χ1v) is 10.0. The number of carbonyl (C=O) groups excluding carboxylic acids is 1. The van der Waals surface area contributed by atoms with Gasteiger partial charge in [-0.15, -0.1) is 0 Å². The summed E-state index contributed by atoms with van der Waals surface area (Å²) in [4.78, 5) is 19.5. The van der Waals surface area contributed by atoms with E-state index in [1.807, 2.05) is 78.6 Å². The van der Waals surface area contributed by atoms with Crippen molar-refractivity contribution in [1.29, 1.82) is 0 Å². The van der Waals surface area contributed by atoms with E-state index in [-0.39, 0.29) is 5.91 Å². The fourth-order valence-corrected chi connectivity index (χ4v) is 3.47. The van der Waals surface area contributed by atoms with Crippen LogP contribution in [-0.4, -0.2) is 25.6 Å². The van der Waals surface area contributed by atoms with Gasteiger partial charge in [0, 0.05) is 30.5 Å². The van der Waals surface area contributed by atoms with Gasteiger partial charge in [-0.25, -0.2) is 4.68 Å². The molecule has 0 saturated heterocycles. The number of nitrogens with zero attached hydrogens (tertiary/aromatic N) is 4. The van der Waals surface area contributed by atoms with Crippen molar-refractivity contribution >= 4 is 17.5 Å². The van der Waals surface area contributed by atoms with E-state index in [2.05, 4.69) is 10.1 Å². The van der Waals surface area contributed by atoms with Gasteiger partial charge >= 0.3 is 0 Å². The Balaban J connectivity index is 1.65.